The van der Waals surface area contributed by atoms with Crippen molar-refractivity contribution < 1.29 is 22.0 Å². The Morgan fingerprint density at radius 2 is 1.39 bits per heavy atom. The highest BCUT2D eigenvalue weighted by atomic mass is 19.4. The largest absolute Gasteiger partial charge is 0.422 e. The van der Waals surface area contributed by atoms with E-state index in [1.165, 1.54) is 38.5 Å². The molecule has 2 aliphatic rings. The summed E-state index contributed by atoms with van der Waals surface area (Å²) in [4.78, 5) is 0. The molecule has 0 spiro atoms. The maximum Gasteiger partial charge on any atom is 0.422 e. The average Bonchev–Trinajstić information content (AvgIpc) is 2.71. The maximum atomic E-state index is 13.9. The Balaban J connectivity index is 1.41. The lowest BCUT2D eigenvalue weighted by Gasteiger charge is -2.29. The molecular weight excluding hydrogens is 407 g/mol. The molecule has 0 atom stereocenters. The van der Waals surface area contributed by atoms with Crippen molar-refractivity contribution >= 4 is 0 Å². The van der Waals surface area contributed by atoms with E-state index in [1.807, 2.05) is 0 Å². The van der Waals surface area contributed by atoms with Crippen LogP contribution in [0.5, 0.6) is 0 Å². The number of rotatable bonds is 7. The summed E-state index contributed by atoms with van der Waals surface area (Å²) >= 11 is 0. The van der Waals surface area contributed by atoms with Crippen molar-refractivity contribution in [1.82, 2.24) is 0 Å². The molecule has 0 aromatic heterocycles. The second kappa shape index (κ2) is 11.0. The van der Waals surface area contributed by atoms with Gasteiger partial charge < -0.3 is 0 Å². The van der Waals surface area contributed by atoms with Crippen molar-refractivity contribution in [3.05, 3.63) is 47.0 Å². The summed E-state index contributed by atoms with van der Waals surface area (Å²) in [5.41, 5.74) is -1.42. The van der Waals surface area contributed by atoms with E-state index < -0.39 is 23.4 Å². The number of benzene rings is 1. The molecule has 0 saturated heterocycles. The zero-order valence-electron chi connectivity index (χ0n) is 18.5. The first kappa shape index (κ1) is 24.3. The summed E-state index contributed by atoms with van der Waals surface area (Å²) in [6, 6.07) is 1.77. The van der Waals surface area contributed by atoms with Gasteiger partial charge in [-0.1, -0.05) is 31.9 Å². The Morgan fingerprint density at radius 3 is 1.94 bits per heavy atom. The second-order valence-corrected chi connectivity index (χ2v) is 9.65. The van der Waals surface area contributed by atoms with Gasteiger partial charge in [0.15, 0.2) is 0 Å². The van der Waals surface area contributed by atoms with Gasteiger partial charge in [-0.15, -0.1) is 0 Å². The van der Waals surface area contributed by atoms with Crippen molar-refractivity contribution in [3.63, 3.8) is 0 Å². The van der Waals surface area contributed by atoms with Crippen molar-refractivity contribution in [3.8, 4) is 0 Å². The normalized spacial score (nSPS) is 27.7. The van der Waals surface area contributed by atoms with Gasteiger partial charge in [0.1, 0.15) is 17.2 Å². The van der Waals surface area contributed by atoms with E-state index in [-0.39, 0.29) is 5.92 Å². The highest BCUT2D eigenvalue weighted by molar-refractivity contribution is 5.30. The molecule has 1 aromatic carbocycles. The van der Waals surface area contributed by atoms with Crippen molar-refractivity contribution in [2.24, 2.45) is 17.8 Å². The molecule has 0 bridgehead atoms. The van der Waals surface area contributed by atoms with Gasteiger partial charge in [0.05, 0.1) is 0 Å². The fourth-order valence-electron chi connectivity index (χ4n) is 5.58. The molecule has 2 fully saturated rings. The summed E-state index contributed by atoms with van der Waals surface area (Å²) in [6.07, 6.45) is 13.4. The first-order valence-corrected chi connectivity index (χ1v) is 12.0. The summed E-state index contributed by atoms with van der Waals surface area (Å²) in [6.45, 7) is 2.26. The fraction of sp³-hybridized carbons (Fsp3) is 0.692. The molecule has 2 aliphatic carbocycles. The Bertz CT molecular complexity index is 697. The lowest BCUT2D eigenvalue weighted by molar-refractivity contribution is -0.142. The fourth-order valence-corrected chi connectivity index (χ4v) is 5.58. The standard InChI is InChI=1S/C26H35F5/c1-2-5-18-8-10-19(11-9-18)6-3-4-7-20-12-14-21(15-13-20)22-16-23(27)25(24(28)17-22)26(29,30)31/h3,6,16-21H,2,4-5,7-15H2,1H3/b6-3+. The molecule has 5 heteroatoms. The first-order valence-electron chi connectivity index (χ1n) is 12.0. The zero-order chi connectivity index (χ0) is 22.4. The van der Waals surface area contributed by atoms with Gasteiger partial charge in [0, 0.05) is 0 Å². The lowest BCUT2D eigenvalue weighted by atomic mass is 9.77. The number of allylic oxidation sites excluding steroid dienone is 2. The van der Waals surface area contributed by atoms with Crippen LogP contribution >= 0.6 is 0 Å². The average molecular weight is 443 g/mol. The van der Waals surface area contributed by atoms with Gasteiger partial charge in [-0.2, -0.15) is 13.2 Å². The molecule has 174 valence electrons. The molecule has 31 heavy (non-hydrogen) atoms. The Labute approximate surface area is 183 Å². The third kappa shape index (κ3) is 6.79. The third-order valence-corrected chi connectivity index (χ3v) is 7.40. The van der Waals surface area contributed by atoms with Crippen molar-refractivity contribution in [1.29, 1.82) is 0 Å². The van der Waals surface area contributed by atoms with Crippen LogP contribution in [0.25, 0.3) is 0 Å². The molecule has 0 radical (unpaired) electrons. The minimum absolute atomic E-state index is 0.0589. The summed E-state index contributed by atoms with van der Waals surface area (Å²) in [5, 5.41) is 0. The predicted molar refractivity (Wildman–Crippen MR) is 115 cm³/mol. The van der Waals surface area contributed by atoms with Crippen LogP contribution in [0.15, 0.2) is 24.3 Å². The molecule has 1 aromatic rings. The quantitative estimate of drug-likeness (QED) is 0.292. The minimum atomic E-state index is -5.01. The molecule has 0 aliphatic heterocycles. The second-order valence-electron chi connectivity index (χ2n) is 9.65. The molecule has 2 saturated carbocycles. The van der Waals surface area contributed by atoms with Crippen molar-refractivity contribution in [2.45, 2.75) is 96.1 Å². The molecule has 0 nitrogen and oxygen atoms in total. The number of hydrogen-bond acceptors (Lipinski definition) is 0. The SMILES string of the molecule is CCCC1CCC(/C=C/CCC2CCC(c3cc(F)c(C(F)(F)F)c(F)c3)CC2)CC1. The number of alkyl halides is 3. The molecule has 0 unspecified atom stereocenters. The number of hydrogen-bond donors (Lipinski definition) is 0. The van der Waals surface area contributed by atoms with E-state index >= 15 is 0 Å². The number of halogens is 5. The third-order valence-electron chi connectivity index (χ3n) is 7.40. The van der Waals surface area contributed by atoms with Crippen LogP contribution in [-0.2, 0) is 6.18 Å². The first-order chi connectivity index (χ1) is 14.8. The van der Waals surface area contributed by atoms with Gasteiger partial charge in [-0.25, -0.2) is 8.78 Å². The van der Waals surface area contributed by atoms with E-state index in [1.54, 1.807) is 0 Å². The van der Waals surface area contributed by atoms with Gasteiger partial charge in [0.25, 0.3) is 0 Å². The van der Waals surface area contributed by atoms with Crippen LogP contribution in [0.2, 0.25) is 0 Å². The van der Waals surface area contributed by atoms with Gasteiger partial charge in [-0.3, -0.25) is 0 Å². The van der Waals surface area contributed by atoms with E-state index in [0.717, 1.165) is 62.5 Å². The molecule has 0 N–H and O–H groups in total. The van der Waals surface area contributed by atoms with Crippen LogP contribution < -0.4 is 0 Å². The molecular formula is C26H35F5. The highest BCUT2D eigenvalue weighted by Gasteiger charge is 2.38. The summed E-state index contributed by atoms with van der Waals surface area (Å²) in [7, 11) is 0. The lowest BCUT2D eigenvalue weighted by Crippen LogP contribution is -2.16. The Kier molecular flexibility index (Phi) is 8.58. The topological polar surface area (TPSA) is 0 Å². The van der Waals surface area contributed by atoms with E-state index in [4.69, 9.17) is 0 Å². The summed E-state index contributed by atoms with van der Waals surface area (Å²) < 4.78 is 66.1. The van der Waals surface area contributed by atoms with Gasteiger partial charge in [-0.05, 0) is 106 Å². The van der Waals surface area contributed by atoms with Crippen molar-refractivity contribution in [2.75, 3.05) is 0 Å². The highest BCUT2D eigenvalue weighted by Crippen LogP contribution is 2.40. The van der Waals surface area contributed by atoms with Gasteiger partial charge >= 0.3 is 6.18 Å². The monoisotopic (exact) mass is 442 g/mol. The Hall–Kier alpha value is -1.39. The zero-order valence-corrected chi connectivity index (χ0v) is 18.5. The van der Waals surface area contributed by atoms with E-state index in [9.17, 15) is 22.0 Å². The summed E-state index contributed by atoms with van der Waals surface area (Å²) in [5.74, 6) is -0.816. The smallest absolute Gasteiger partial charge is 0.206 e. The van der Waals surface area contributed by atoms with Crippen LogP contribution in [0.1, 0.15) is 101 Å². The molecule has 3 rings (SSSR count). The van der Waals surface area contributed by atoms with Crippen LogP contribution in [0, 0.1) is 29.4 Å². The van der Waals surface area contributed by atoms with Crippen LogP contribution in [0.4, 0.5) is 22.0 Å². The molecule has 0 heterocycles. The minimum Gasteiger partial charge on any atom is -0.206 e. The van der Waals surface area contributed by atoms with Crippen LogP contribution in [0.3, 0.4) is 0 Å². The van der Waals surface area contributed by atoms with Crippen LogP contribution in [-0.4, -0.2) is 0 Å². The van der Waals surface area contributed by atoms with Gasteiger partial charge in [0.2, 0.25) is 0 Å². The predicted octanol–water partition coefficient (Wildman–Crippen LogP) is 9.20. The molecule has 0 amide bonds. The van der Waals surface area contributed by atoms with E-state index in [2.05, 4.69) is 19.1 Å². The Morgan fingerprint density at radius 1 is 0.839 bits per heavy atom. The van der Waals surface area contributed by atoms with E-state index in [0.29, 0.717) is 11.5 Å². The maximum absolute atomic E-state index is 13.9.